The molecule has 1 fully saturated rings. The average Bonchev–Trinajstić information content (AvgIpc) is 1.91. The second kappa shape index (κ2) is 1.62. The number of ketones is 1. The molecule has 1 saturated carbocycles. The highest BCUT2D eigenvalue weighted by Gasteiger charge is 2.20. The summed E-state index contributed by atoms with van der Waals surface area (Å²) >= 11 is 0. The van der Waals surface area contributed by atoms with Gasteiger partial charge in [0.15, 0.2) is 5.78 Å². The first-order valence-corrected chi connectivity index (χ1v) is 2.51. The molecule has 0 bridgehead atoms. The predicted molar refractivity (Wildman–Crippen MR) is 24.9 cm³/mol. The average molecular weight is 100 g/mol. The molecule has 0 saturated heterocycles. The number of carbonyl (C=O) groups excluding carboxylic acids is 1. The van der Waals surface area contributed by atoms with Gasteiger partial charge >= 0.3 is 0 Å². The van der Waals surface area contributed by atoms with Crippen molar-refractivity contribution in [3.05, 3.63) is 0 Å². The summed E-state index contributed by atoms with van der Waals surface area (Å²) < 4.78 is 0. The molecule has 0 amide bonds. The van der Waals surface area contributed by atoms with E-state index in [1.807, 2.05) is 0 Å². The van der Waals surface area contributed by atoms with E-state index >= 15 is 0 Å². The van der Waals surface area contributed by atoms with Crippen LogP contribution in [-0.2, 0) is 4.79 Å². The normalized spacial score (nSPS) is 31.6. The fourth-order valence-electron chi connectivity index (χ4n) is 0.797. The molecular formula is C5H8O2. The van der Waals surface area contributed by atoms with Crippen LogP contribution in [0.25, 0.3) is 0 Å². The second-order valence-electron chi connectivity index (χ2n) is 1.87. The van der Waals surface area contributed by atoms with Crippen LogP contribution >= 0.6 is 0 Å². The van der Waals surface area contributed by atoms with Crippen molar-refractivity contribution in [1.29, 1.82) is 0 Å². The molecule has 2 nitrogen and oxygen atoms in total. The lowest BCUT2D eigenvalue weighted by molar-refractivity contribution is -0.124. The van der Waals surface area contributed by atoms with Crippen molar-refractivity contribution in [2.75, 3.05) is 0 Å². The zero-order valence-electron chi connectivity index (χ0n) is 4.05. The number of rotatable bonds is 0. The summed E-state index contributed by atoms with van der Waals surface area (Å²) in [6.07, 6.45) is 1.51. The summed E-state index contributed by atoms with van der Waals surface area (Å²) in [4.78, 5) is 10.3. The van der Waals surface area contributed by atoms with Crippen molar-refractivity contribution in [1.82, 2.24) is 0 Å². The lowest BCUT2D eigenvalue weighted by Gasteiger charge is -1.90. The van der Waals surface area contributed by atoms with Crippen molar-refractivity contribution >= 4 is 5.78 Å². The molecule has 0 heterocycles. The fourth-order valence-corrected chi connectivity index (χ4v) is 0.797. The summed E-state index contributed by atoms with van der Waals surface area (Å²) in [5.74, 6) is 0.0139. The van der Waals surface area contributed by atoms with E-state index in [0.717, 1.165) is 6.42 Å². The first kappa shape index (κ1) is 4.78. The van der Waals surface area contributed by atoms with Gasteiger partial charge in [-0.15, -0.1) is 0 Å². The van der Waals surface area contributed by atoms with E-state index in [1.165, 1.54) is 0 Å². The van der Waals surface area contributed by atoms with Crippen LogP contribution in [0.3, 0.4) is 0 Å². The molecule has 0 aromatic carbocycles. The molecule has 2 heteroatoms. The highest BCUT2D eigenvalue weighted by atomic mass is 16.3. The number of carbonyl (C=O) groups is 1. The van der Waals surface area contributed by atoms with Gasteiger partial charge in [-0.3, -0.25) is 4.79 Å². The van der Waals surface area contributed by atoms with Crippen molar-refractivity contribution in [3.8, 4) is 0 Å². The fraction of sp³-hybridized carbons (Fsp3) is 0.800. The molecule has 1 aliphatic rings. The van der Waals surface area contributed by atoms with Gasteiger partial charge in [-0.1, -0.05) is 0 Å². The third-order valence-electron chi connectivity index (χ3n) is 1.27. The van der Waals surface area contributed by atoms with Gasteiger partial charge in [0, 0.05) is 6.42 Å². The number of Topliss-reactive ketones (excluding diaryl/α,β-unsaturated/α-hetero) is 1. The maximum absolute atomic E-state index is 10.3. The third-order valence-corrected chi connectivity index (χ3v) is 1.27. The van der Waals surface area contributed by atoms with Crippen LogP contribution < -0.4 is 0 Å². The Bertz CT molecular complexity index is 88.1. The van der Waals surface area contributed by atoms with E-state index in [1.54, 1.807) is 0 Å². The van der Waals surface area contributed by atoms with E-state index in [9.17, 15) is 4.79 Å². The smallest absolute Gasteiger partial charge is 0.161 e. The number of hydrogen-bond donors (Lipinski definition) is 1. The Hall–Kier alpha value is -0.370. The van der Waals surface area contributed by atoms with Crippen LogP contribution in [0.4, 0.5) is 0 Å². The molecule has 40 valence electrons. The summed E-state index contributed by atoms with van der Waals surface area (Å²) in [6, 6.07) is 0. The van der Waals surface area contributed by atoms with Crippen molar-refractivity contribution in [2.45, 2.75) is 25.4 Å². The minimum atomic E-state index is -0.625. The van der Waals surface area contributed by atoms with Crippen LogP contribution in [0.2, 0.25) is 0 Å². The minimum Gasteiger partial charge on any atom is -0.385 e. The van der Waals surface area contributed by atoms with Crippen molar-refractivity contribution < 1.29 is 9.90 Å². The lowest BCUT2D eigenvalue weighted by atomic mass is 10.3. The standard InChI is InChI=1S/C5H8O2/c6-4-2-1-3-5(4)7/h4,6H,1-3H2/t4-/m0/s1. The maximum Gasteiger partial charge on any atom is 0.161 e. The largest absolute Gasteiger partial charge is 0.385 e. The van der Waals surface area contributed by atoms with E-state index < -0.39 is 6.10 Å². The first-order valence-electron chi connectivity index (χ1n) is 2.51. The molecule has 1 rings (SSSR count). The molecule has 7 heavy (non-hydrogen) atoms. The molecule has 0 aromatic heterocycles. The molecule has 0 radical (unpaired) electrons. The van der Waals surface area contributed by atoms with Crippen molar-refractivity contribution in [3.63, 3.8) is 0 Å². The van der Waals surface area contributed by atoms with Gasteiger partial charge < -0.3 is 5.11 Å². The Morgan fingerprint density at radius 3 is 2.57 bits per heavy atom. The van der Waals surface area contributed by atoms with Gasteiger partial charge in [-0.2, -0.15) is 0 Å². The highest BCUT2D eigenvalue weighted by molar-refractivity contribution is 5.84. The highest BCUT2D eigenvalue weighted by Crippen LogP contribution is 2.12. The zero-order chi connectivity index (χ0) is 5.28. The van der Waals surface area contributed by atoms with Gasteiger partial charge in [0.2, 0.25) is 0 Å². The quantitative estimate of drug-likeness (QED) is 0.468. The number of aliphatic hydroxyl groups is 1. The van der Waals surface area contributed by atoms with E-state index in [0.29, 0.717) is 12.8 Å². The Labute approximate surface area is 42.1 Å². The molecular weight excluding hydrogens is 92.1 g/mol. The van der Waals surface area contributed by atoms with Gasteiger partial charge in [0.25, 0.3) is 0 Å². The molecule has 0 aromatic rings. The minimum absolute atomic E-state index is 0.0139. The molecule has 0 spiro atoms. The maximum atomic E-state index is 10.3. The van der Waals surface area contributed by atoms with Gasteiger partial charge in [0.05, 0.1) is 0 Å². The van der Waals surface area contributed by atoms with Gasteiger partial charge in [0.1, 0.15) is 6.10 Å². The predicted octanol–water partition coefficient (Wildman–Crippen LogP) is 0.100. The summed E-state index contributed by atoms with van der Waals surface area (Å²) in [6.45, 7) is 0. The van der Waals surface area contributed by atoms with E-state index in [2.05, 4.69) is 0 Å². The number of aliphatic hydroxyl groups excluding tert-OH is 1. The Balaban J connectivity index is 2.48. The molecule has 1 N–H and O–H groups in total. The molecule has 0 aliphatic heterocycles. The molecule has 1 atom stereocenters. The Kier molecular flexibility index (Phi) is 1.11. The van der Waals surface area contributed by atoms with Gasteiger partial charge in [-0.25, -0.2) is 0 Å². The monoisotopic (exact) mass is 100 g/mol. The SMILES string of the molecule is O=C1CCC[C@@H]1O. The van der Waals surface area contributed by atoms with Crippen LogP contribution in [0, 0.1) is 0 Å². The summed E-state index contributed by atoms with van der Waals surface area (Å²) in [7, 11) is 0. The second-order valence-corrected chi connectivity index (χ2v) is 1.87. The molecule has 1 aliphatic carbocycles. The van der Waals surface area contributed by atoms with Crippen LogP contribution in [0.5, 0.6) is 0 Å². The third kappa shape index (κ3) is 0.800. The van der Waals surface area contributed by atoms with E-state index in [4.69, 9.17) is 5.11 Å². The van der Waals surface area contributed by atoms with Crippen LogP contribution in [0.1, 0.15) is 19.3 Å². The topological polar surface area (TPSA) is 37.3 Å². The Morgan fingerprint density at radius 1 is 1.71 bits per heavy atom. The van der Waals surface area contributed by atoms with Crippen LogP contribution in [-0.4, -0.2) is 17.0 Å². The van der Waals surface area contributed by atoms with Crippen LogP contribution in [0.15, 0.2) is 0 Å². The molecule has 0 unspecified atom stereocenters. The van der Waals surface area contributed by atoms with E-state index in [-0.39, 0.29) is 5.78 Å². The Morgan fingerprint density at radius 2 is 2.43 bits per heavy atom. The lowest BCUT2D eigenvalue weighted by Crippen LogP contribution is -2.10. The van der Waals surface area contributed by atoms with Gasteiger partial charge in [-0.05, 0) is 12.8 Å². The zero-order valence-corrected chi connectivity index (χ0v) is 4.05. The summed E-state index contributed by atoms with van der Waals surface area (Å²) in [5, 5.41) is 8.65. The number of hydrogen-bond acceptors (Lipinski definition) is 2. The first-order chi connectivity index (χ1) is 3.30. The van der Waals surface area contributed by atoms with Crippen molar-refractivity contribution in [2.24, 2.45) is 0 Å². The summed E-state index contributed by atoms with van der Waals surface area (Å²) in [5.41, 5.74) is 0.